The summed E-state index contributed by atoms with van der Waals surface area (Å²) in [7, 11) is -3.49. The summed E-state index contributed by atoms with van der Waals surface area (Å²) in [4.78, 5) is 11.5. The maximum Gasteiger partial charge on any atom is 0.233 e. The molecule has 0 saturated heterocycles. The maximum absolute atomic E-state index is 11.5. The fourth-order valence-electron chi connectivity index (χ4n) is 4.00. The average molecular weight is 430 g/mol. The molecule has 3 N–H and O–H groups in total. The van der Waals surface area contributed by atoms with Crippen LogP contribution in [0.25, 0.3) is 0 Å². The number of rotatable bonds is 13. The van der Waals surface area contributed by atoms with E-state index in [1.54, 1.807) is 0 Å². The molecule has 1 aliphatic rings. The van der Waals surface area contributed by atoms with Crippen LogP contribution in [-0.2, 0) is 14.8 Å². The zero-order chi connectivity index (χ0) is 21.9. The highest BCUT2D eigenvalue weighted by Gasteiger charge is 2.37. The van der Waals surface area contributed by atoms with Gasteiger partial charge in [-0.05, 0) is 49.9 Å². The minimum atomic E-state index is -3.49. The summed E-state index contributed by atoms with van der Waals surface area (Å²) in [5.41, 5.74) is 0. The lowest BCUT2D eigenvalue weighted by Gasteiger charge is -2.20. The maximum atomic E-state index is 11.5. The molecule has 0 aromatic heterocycles. The van der Waals surface area contributed by atoms with Crippen LogP contribution in [0.2, 0.25) is 0 Å². The molecule has 5 atom stereocenters. The number of aliphatic hydroxyl groups is 2. The number of sulfonamides is 1. The molecule has 6 nitrogen and oxygen atoms in total. The van der Waals surface area contributed by atoms with Crippen LogP contribution >= 0.6 is 0 Å². The van der Waals surface area contributed by atoms with E-state index in [1.165, 1.54) is 0 Å². The molecule has 1 saturated carbocycles. The van der Waals surface area contributed by atoms with Crippen molar-refractivity contribution in [3.63, 3.8) is 0 Å². The number of amides is 1. The molecule has 0 aliphatic heterocycles. The number of nitrogens with one attached hydrogen (secondary N) is 1. The highest BCUT2D eigenvalue weighted by Crippen LogP contribution is 2.40. The Balaban J connectivity index is 2.43. The van der Waals surface area contributed by atoms with Crippen molar-refractivity contribution in [2.75, 3.05) is 6.26 Å². The van der Waals surface area contributed by atoms with Gasteiger partial charge in [0.05, 0.1) is 18.5 Å². The van der Waals surface area contributed by atoms with Crippen molar-refractivity contribution in [1.29, 1.82) is 0 Å². The van der Waals surface area contributed by atoms with Crippen LogP contribution in [0.15, 0.2) is 24.3 Å². The normalized spacial score (nSPS) is 26.4. The first-order chi connectivity index (χ1) is 13.6. The number of aliphatic hydroxyl groups excluding tert-OH is 2. The Hall–Kier alpha value is -1.18. The molecule has 0 bridgehead atoms. The van der Waals surface area contributed by atoms with Crippen LogP contribution in [0.4, 0.5) is 0 Å². The van der Waals surface area contributed by atoms with Gasteiger partial charge in [0.1, 0.15) is 0 Å². The molecule has 1 fully saturated rings. The number of carbonyl (C=O) groups is 1. The summed E-state index contributed by atoms with van der Waals surface area (Å²) in [5.74, 6) is 0.274. The monoisotopic (exact) mass is 429 g/mol. The molecule has 0 aromatic carbocycles. The van der Waals surface area contributed by atoms with Crippen LogP contribution in [0.1, 0.15) is 71.6 Å². The van der Waals surface area contributed by atoms with E-state index in [0.717, 1.165) is 44.8 Å². The standard InChI is InChI=1S/C22H39NO5S/c1-4-5-8-11-18(24)14-15-19-17(2)16-21(25)20(19)12-9-6-7-10-13-22(26)23-29(3,27)28/h6,9,14-15,17-21,24-25H,4-5,7-8,10-13,16H2,1-3H3,(H,23,26)/b9-6-,15-14+/t17-,18+,19+,20-,21+/m1/s1. The predicted molar refractivity (Wildman–Crippen MR) is 117 cm³/mol. The van der Waals surface area contributed by atoms with Gasteiger partial charge in [-0.3, -0.25) is 9.52 Å². The molecular formula is C22H39NO5S. The lowest BCUT2D eigenvalue weighted by molar-refractivity contribution is -0.119. The molecule has 168 valence electrons. The number of hydrogen-bond acceptors (Lipinski definition) is 5. The summed E-state index contributed by atoms with van der Waals surface area (Å²) in [6, 6.07) is 0. The first-order valence-corrected chi connectivity index (χ1v) is 12.7. The summed E-state index contributed by atoms with van der Waals surface area (Å²) in [6.45, 7) is 4.29. The molecule has 0 unspecified atom stereocenters. The van der Waals surface area contributed by atoms with Gasteiger partial charge >= 0.3 is 0 Å². The molecule has 29 heavy (non-hydrogen) atoms. The SMILES string of the molecule is CCCCC[C@H](O)/C=C/[C@@H]1[C@@H](C/C=C\CCCC(=O)NS(C)(=O)=O)[C@@H](O)C[C@H]1C. The zero-order valence-corrected chi connectivity index (χ0v) is 18.9. The lowest BCUT2D eigenvalue weighted by Crippen LogP contribution is -2.28. The number of unbranched alkanes of at least 4 members (excludes halogenated alkanes) is 3. The molecule has 7 heteroatoms. The number of carbonyl (C=O) groups excluding carboxylic acids is 1. The Morgan fingerprint density at radius 1 is 1.24 bits per heavy atom. The summed E-state index contributed by atoms with van der Waals surface area (Å²) >= 11 is 0. The smallest absolute Gasteiger partial charge is 0.233 e. The zero-order valence-electron chi connectivity index (χ0n) is 18.1. The van der Waals surface area contributed by atoms with Crippen molar-refractivity contribution < 1.29 is 23.4 Å². The Labute approximate surface area is 176 Å². The van der Waals surface area contributed by atoms with Gasteiger partial charge in [0, 0.05) is 6.42 Å². The fourth-order valence-corrected chi connectivity index (χ4v) is 4.52. The van der Waals surface area contributed by atoms with E-state index < -0.39 is 22.0 Å². The quantitative estimate of drug-likeness (QED) is 0.308. The second kappa shape index (κ2) is 13.2. The minimum absolute atomic E-state index is 0.133. The van der Waals surface area contributed by atoms with Gasteiger partial charge in [-0.25, -0.2) is 8.42 Å². The summed E-state index contributed by atoms with van der Waals surface area (Å²) in [6.07, 6.45) is 15.3. The van der Waals surface area contributed by atoms with Gasteiger partial charge in [0.15, 0.2) is 0 Å². The van der Waals surface area contributed by atoms with Crippen LogP contribution in [0, 0.1) is 17.8 Å². The van der Waals surface area contributed by atoms with Crippen molar-refractivity contribution in [3.8, 4) is 0 Å². The van der Waals surface area contributed by atoms with Crippen molar-refractivity contribution in [1.82, 2.24) is 4.72 Å². The average Bonchev–Trinajstić information content (AvgIpc) is 2.87. The van der Waals surface area contributed by atoms with Crippen LogP contribution in [-0.4, -0.2) is 43.0 Å². The van der Waals surface area contributed by atoms with E-state index in [1.807, 2.05) is 23.0 Å². The van der Waals surface area contributed by atoms with Crippen LogP contribution in [0.5, 0.6) is 0 Å². The highest BCUT2D eigenvalue weighted by atomic mass is 32.2. The molecule has 0 heterocycles. The largest absolute Gasteiger partial charge is 0.393 e. The first-order valence-electron chi connectivity index (χ1n) is 10.8. The topological polar surface area (TPSA) is 104 Å². The molecule has 1 rings (SSSR count). The van der Waals surface area contributed by atoms with E-state index in [4.69, 9.17) is 0 Å². The third-order valence-electron chi connectivity index (χ3n) is 5.57. The Morgan fingerprint density at radius 3 is 2.62 bits per heavy atom. The molecule has 0 spiro atoms. The van der Waals surface area contributed by atoms with E-state index in [0.29, 0.717) is 18.8 Å². The Morgan fingerprint density at radius 2 is 1.97 bits per heavy atom. The third kappa shape index (κ3) is 11.0. The van der Waals surface area contributed by atoms with Crippen LogP contribution < -0.4 is 4.72 Å². The number of hydrogen-bond donors (Lipinski definition) is 3. The van der Waals surface area contributed by atoms with Crippen molar-refractivity contribution >= 4 is 15.9 Å². The third-order valence-corrected chi connectivity index (χ3v) is 6.17. The fraction of sp³-hybridized carbons (Fsp3) is 0.773. The van der Waals surface area contributed by atoms with Gasteiger partial charge in [-0.2, -0.15) is 0 Å². The van der Waals surface area contributed by atoms with Gasteiger partial charge < -0.3 is 10.2 Å². The summed E-state index contributed by atoms with van der Waals surface area (Å²) < 4.78 is 23.9. The van der Waals surface area contributed by atoms with Crippen molar-refractivity contribution in [3.05, 3.63) is 24.3 Å². The van der Waals surface area contributed by atoms with Crippen molar-refractivity contribution in [2.24, 2.45) is 17.8 Å². The van der Waals surface area contributed by atoms with E-state index in [-0.39, 0.29) is 24.4 Å². The van der Waals surface area contributed by atoms with Crippen molar-refractivity contribution in [2.45, 2.75) is 83.8 Å². The van der Waals surface area contributed by atoms with Crippen LogP contribution in [0.3, 0.4) is 0 Å². The predicted octanol–water partition coefficient (Wildman–Crippen LogP) is 3.31. The Kier molecular flexibility index (Phi) is 11.8. The molecular weight excluding hydrogens is 390 g/mol. The van der Waals surface area contributed by atoms with E-state index in [9.17, 15) is 23.4 Å². The highest BCUT2D eigenvalue weighted by molar-refractivity contribution is 7.89. The minimum Gasteiger partial charge on any atom is -0.393 e. The molecule has 1 amide bonds. The second-order valence-electron chi connectivity index (χ2n) is 8.37. The van der Waals surface area contributed by atoms with Gasteiger partial charge in [-0.1, -0.05) is 57.4 Å². The van der Waals surface area contributed by atoms with Gasteiger partial charge in [-0.15, -0.1) is 0 Å². The molecule has 0 radical (unpaired) electrons. The Bertz CT molecular complexity index is 644. The molecule has 0 aromatic rings. The summed E-state index contributed by atoms with van der Waals surface area (Å²) in [5, 5.41) is 20.5. The first kappa shape index (κ1) is 25.9. The second-order valence-corrected chi connectivity index (χ2v) is 10.1. The lowest BCUT2D eigenvalue weighted by atomic mass is 9.86. The van der Waals surface area contributed by atoms with Gasteiger partial charge in [0.25, 0.3) is 0 Å². The van der Waals surface area contributed by atoms with Gasteiger partial charge in [0.2, 0.25) is 15.9 Å². The number of allylic oxidation sites excluding steroid dienone is 3. The molecule has 1 aliphatic carbocycles. The van der Waals surface area contributed by atoms with E-state index >= 15 is 0 Å². The van der Waals surface area contributed by atoms with E-state index in [2.05, 4.69) is 19.9 Å².